The molecule has 0 aromatic heterocycles. The van der Waals surface area contributed by atoms with Crippen molar-refractivity contribution in [1.82, 2.24) is 0 Å². The Bertz CT molecular complexity index is 832. The van der Waals surface area contributed by atoms with Gasteiger partial charge in [0.15, 0.2) is 0 Å². The first-order valence-electron chi connectivity index (χ1n) is 14.2. The quantitative estimate of drug-likeness (QED) is 0.0853. The lowest BCUT2D eigenvalue weighted by molar-refractivity contribution is -0.903. The Morgan fingerprint density at radius 3 is 2.08 bits per heavy atom. The highest BCUT2D eigenvalue weighted by Gasteiger charge is 2.16. The fraction of sp³-hybridized carbons (Fsp3) is 0.594. The minimum atomic E-state index is -0.582. The number of esters is 1. The molecule has 1 atom stereocenters. The Hall–Kier alpha value is -2.33. The van der Waals surface area contributed by atoms with Crippen molar-refractivity contribution in [2.45, 2.75) is 104 Å². The van der Waals surface area contributed by atoms with E-state index < -0.39 is 6.29 Å². The van der Waals surface area contributed by atoms with Gasteiger partial charge >= 0.3 is 5.97 Å². The molecule has 0 radical (unpaired) electrons. The first kappa shape index (κ1) is 29.9. The normalized spacial score (nSPS) is 12.3. The van der Waals surface area contributed by atoms with Crippen molar-refractivity contribution in [2.75, 3.05) is 20.6 Å². The third-order valence-electron chi connectivity index (χ3n) is 6.69. The van der Waals surface area contributed by atoms with E-state index in [-0.39, 0.29) is 5.97 Å². The summed E-state index contributed by atoms with van der Waals surface area (Å²) < 4.78 is 12.2. The van der Waals surface area contributed by atoms with Gasteiger partial charge in [-0.25, -0.2) is 0 Å². The van der Waals surface area contributed by atoms with E-state index in [9.17, 15) is 4.79 Å². The predicted molar refractivity (Wildman–Crippen MR) is 150 cm³/mol. The molecule has 0 bridgehead atoms. The molecule has 0 heterocycles. The first-order valence-corrected chi connectivity index (χ1v) is 14.2. The van der Waals surface area contributed by atoms with Crippen LogP contribution in [-0.4, -0.2) is 37.4 Å². The van der Waals surface area contributed by atoms with Gasteiger partial charge in [-0.15, -0.1) is 0 Å². The van der Waals surface area contributed by atoms with Crippen LogP contribution in [0.15, 0.2) is 54.6 Å². The molecule has 4 heteroatoms. The summed E-state index contributed by atoms with van der Waals surface area (Å²) in [6.07, 6.45) is 13.5. The van der Waals surface area contributed by atoms with Crippen LogP contribution in [0.3, 0.4) is 0 Å². The minimum Gasteiger partial charge on any atom is -0.455 e. The zero-order chi connectivity index (χ0) is 26.1. The van der Waals surface area contributed by atoms with Crippen molar-refractivity contribution in [3.8, 4) is 5.75 Å². The predicted octanol–water partition coefficient (Wildman–Crippen LogP) is 8.08. The van der Waals surface area contributed by atoms with Crippen LogP contribution in [0.5, 0.6) is 5.75 Å². The minimum absolute atomic E-state index is 0.192. The van der Waals surface area contributed by atoms with Crippen LogP contribution < -0.4 is 4.74 Å². The highest BCUT2D eigenvalue weighted by atomic mass is 16.7. The summed E-state index contributed by atoms with van der Waals surface area (Å²) in [5, 5.41) is 0. The molecular weight excluding hydrogens is 446 g/mol. The molecule has 0 aliphatic carbocycles. The molecule has 0 saturated carbocycles. The largest absolute Gasteiger partial charge is 0.455 e. The highest BCUT2D eigenvalue weighted by molar-refractivity contribution is 5.69. The van der Waals surface area contributed by atoms with E-state index in [0.717, 1.165) is 42.6 Å². The molecule has 0 fully saturated rings. The number of aryl methyl sites for hydroxylation is 1. The number of unbranched alkanes of at least 4 members (excludes halogenated alkanes) is 8. The van der Waals surface area contributed by atoms with Crippen LogP contribution >= 0.6 is 0 Å². The Labute approximate surface area is 220 Å². The topological polar surface area (TPSA) is 35.5 Å². The van der Waals surface area contributed by atoms with Crippen LogP contribution in [0, 0.1) is 0 Å². The van der Waals surface area contributed by atoms with Gasteiger partial charge < -0.3 is 14.0 Å². The van der Waals surface area contributed by atoms with Crippen molar-refractivity contribution in [2.24, 2.45) is 0 Å². The van der Waals surface area contributed by atoms with Gasteiger partial charge in [-0.3, -0.25) is 4.79 Å². The van der Waals surface area contributed by atoms with Gasteiger partial charge in [-0.1, -0.05) is 94.3 Å². The summed E-state index contributed by atoms with van der Waals surface area (Å²) in [4.78, 5) is 12.3. The fourth-order valence-electron chi connectivity index (χ4n) is 4.62. The van der Waals surface area contributed by atoms with E-state index in [1.165, 1.54) is 62.5 Å². The zero-order valence-electron chi connectivity index (χ0n) is 23.3. The SMILES string of the molecule is CCCCCCCCCCc1ccc(OC(C)OC(=O)CCCC[N+](C)(C)Cc2ccccc2)cc1. The maximum Gasteiger partial charge on any atom is 0.308 e. The molecule has 0 aliphatic heterocycles. The van der Waals surface area contributed by atoms with E-state index in [4.69, 9.17) is 9.47 Å². The number of carbonyl (C=O) groups excluding carboxylic acids is 1. The van der Waals surface area contributed by atoms with Gasteiger partial charge in [-0.2, -0.15) is 0 Å². The molecule has 2 rings (SSSR count). The molecule has 0 saturated heterocycles. The molecule has 0 aliphatic rings. The van der Waals surface area contributed by atoms with Gasteiger partial charge in [0.2, 0.25) is 6.29 Å². The number of carbonyl (C=O) groups is 1. The van der Waals surface area contributed by atoms with Gasteiger partial charge in [0.1, 0.15) is 12.3 Å². The van der Waals surface area contributed by atoms with Gasteiger partial charge in [0.05, 0.1) is 20.6 Å². The Balaban J connectivity index is 1.56. The summed E-state index contributed by atoms with van der Waals surface area (Å²) in [7, 11) is 4.48. The fourth-order valence-corrected chi connectivity index (χ4v) is 4.62. The smallest absolute Gasteiger partial charge is 0.308 e. The second-order valence-corrected chi connectivity index (χ2v) is 10.8. The maximum atomic E-state index is 12.3. The van der Waals surface area contributed by atoms with E-state index >= 15 is 0 Å². The van der Waals surface area contributed by atoms with Crippen LogP contribution in [0.25, 0.3) is 0 Å². The number of ether oxygens (including phenoxy) is 2. The lowest BCUT2D eigenvalue weighted by Crippen LogP contribution is -2.39. The summed E-state index contributed by atoms with van der Waals surface area (Å²) in [6, 6.07) is 18.8. The summed E-state index contributed by atoms with van der Waals surface area (Å²) >= 11 is 0. The Morgan fingerprint density at radius 2 is 1.42 bits per heavy atom. The molecule has 0 N–H and O–H groups in total. The molecule has 4 nitrogen and oxygen atoms in total. The molecule has 36 heavy (non-hydrogen) atoms. The van der Waals surface area contributed by atoms with E-state index in [1.54, 1.807) is 6.92 Å². The van der Waals surface area contributed by atoms with Crippen molar-refractivity contribution in [3.05, 3.63) is 65.7 Å². The van der Waals surface area contributed by atoms with Crippen molar-refractivity contribution in [3.63, 3.8) is 0 Å². The second-order valence-electron chi connectivity index (χ2n) is 10.8. The molecule has 2 aromatic rings. The van der Waals surface area contributed by atoms with Gasteiger partial charge in [0.25, 0.3) is 0 Å². The molecule has 200 valence electrons. The van der Waals surface area contributed by atoms with E-state index in [1.807, 2.05) is 18.2 Å². The second kappa shape index (κ2) is 17.2. The third kappa shape index (κ3) is 13.7. The number of nitrogens with zero attached hydrogens (tertiary/aromatic N) is 1. The lowest BCUT2D eigenvalue weighted by atomic mass is 10.0. The monoisotopic (exact) mass is 496 g/mol. The highest BCUT2D eigenvalue weighted by Crippen LogP contribution is 2.17. The molecule has 1 unspecified atom stereocenters. The molecule has 2 aromatic carbocycles. The number of benzene rings is 2. The number of rotatable bonds is 19. The van der Waals surface area contributed by atoms with Crippen LogP contribution in [0.2, 0.25) is 0 Å². The maximum absolute atomic E-state index is 12.3. The third-order valence-corrected chi connectivity index (χ3v) is 6.69. The average Bonchev–Trinajstić information content (AvgIpc) is 2.85. The lowest BCUT2D eigenvalue weighted by Gasteiger charge is -2.30. The summed E-state index contributed by atoms with van der Waals surface area (Å²) in [6.45, 7) is 6.07. The molecular formula is C32H50NO3+. The zero-order valence-corrected chi connectivity index (χ0v) is 23.3. The average molecular weight is 497 g/mol. The van der Waals surface area contributed by atoms with Crippen molar-refractivity contribution >= 4 is 5.97 Å². The van der Waals surface area contributed by atoms with Crippen LogP contribution in [-0.2, 0) is 22.5 Å². The molecule has 0 spiro atoms. The Morgan fingerprint density at radius 1 is 0.778 bits per heavy atom. The summed E-state index contributed by atoms with van der Waals surface area (Å²) in [5.41, 5.74) is 2.68. The number of quaternary nitrogens is 1. The van der Waals surface area contributed by atoms with Crippen molar-refractivity contribution in [1.29, 1.82) is 0 Å². The number of hydrogen-bond acceptors (Lipinski definition) is 3. The van der Waals surface area contributed by atoms with Gasteiger partial charge in [0, 0.05) is 18.9 Å². The van der Waals surface area contributed by atoms with Crippen molar-refractivity contribution < 1.29 is 18.8 Å². The Kier molecular flexibility index (Phi) is 14.3. The summed E-state index contributed by atoms with van der Waals surface area (Å²) in [5.74, 6) is 0.553. The van der Waals surface area contributed by atoms with E-state index in [2.05, 4.69) is 57.4 Å². The number of hydrogen-bond donors (Lipinski definition) is 0. The standard InChI is InChI=1S/C32H50NO3/c1-5-6-7-8-9-10-11-13-18-29-22-24-31(25-23-29)35-28(2)36-32(34)21-16-17-26-33(3,4)27-30-19-14-12-15-20-30/h12,14-15,19-20,22-25,28H,5-11,13,16-18,21,26-27H2,1-4H3/q+1. The van der Waals surface area contributed by atoms with E-state index in [0.29, 0.717) is 6.42 Å². The van der Waals surface area contributed by atoms with Gasteiger partial charge in [-0.05, 0) is 43.4 Å². The first-order chi connectivity index (χ1) is 17.4. The molecule has 0 amide bonds. The van der Waals surface area contributed by atoms with Crippen LogP contribution in [0.1, 0.15) is 95.6 Å². The van der Waals surface area contributed by atoms with Crippen LogP contribution in [0.4, 0.5) is 0 Å².